The maximum atomic E-state index is 14.8. The van der Waals surface area contributed by atoms with Gasteiger partial charge < -0.3 is 18.8 Å². The minimum absolute atomic E-state index is 0.129. The van der Waals surface area contributed by atoms with Crippen LogP contribution in [-0.4, -0.2) is 13.9 Å². The summed E-state index contributed by atoms with van der Waals surface area (Å²) in [5, 5.41) is 2.25. The minimum atomic E-state index is -3.15. The molecule has 28 heavy (non-hydrogen) atoms. The first-order valence-electron chi connectivity index (χ1n) is 8.86. The van der Waals surface area contributed by atoms with E-state index in [4.69, 9.17) is 14.2 Å². The normalized spacial score (nSPS) is 12.9. The van der Waals surface area contributed by atoms with Crippen LogP contribution in [0.25, 0.3) is 0 Å². The van der Waals surface area contributed by atoms with Gasteiger partial charge in [-0.05, 0) is 42.5 Å². The monoisotopic (exact) mass is 506 g/mol. The van der Waals surface area contributed by atoms with E-state index in [2.05, 4.69) is 22.6 Å². The zero-order valence-electron chi connectivity index (χ0n) is 15.9. The Hall–Kier alpha value is -1.98. The number of methoxy groups -OCH3 is 1. The molecule has 4 nitrogen and oxygen atoms in total. The molecule has 0 N–H and O–H groups in total. The Morgan fingerprint density at radius 1 is 0.893 bits per heavy atom. The largest absolute Gasteiger partial charge is 0.493 e. The second-order valence-corrected chi connectivity index (χ2v) is 10.6. The molecule has 0 fully saturated rings. The van der Waals surface area contributed by atoms with Gasteiger partial charge in [0.15, 0.2) is 18.6 Å². The van der Waals surface area contributed by atoms with Crippen molar-refractivity contribution in [1.82, 2.24) is 0 Å². The molecule has 0 spiro atoms. The molecule has 144 valence electrons. The van der Waals surface area contributed by atoms with Crippen molar-refractivity contribution in [2.45, 2.75) is 13.8 Å². The fraction of sp³-hybridized carbons (Fsp3) is 0.182. The van der Waals surface area contributed by atoms with Crippen molar-refractivity contribution in [3.05, 3.63) is 69.3 Å². The van der Waals surface area contributed by atoms with E-state index in [0.29, 0.717) is 22.6 Å². The van der Waals surface area contributed by atoms with Gasteiger partial charge in [-0.15, -0.1) is 0 Å². The molecule has 4 rings (SSSR count). The lowest BCUT2D eigenvalue weighted by atomic mass is 10.2. The predicted molar refractivity (Wildman–Crippen MR) is 121 cm³/mol. The van der Waals surface area contributed by atoms with Crippen molar-refractivity contribution < 1.29 is 18.8 Å². The van der Waals surface area contributed by atoms with Crippen LogP contribution < -0.4 is 30.1 Å². The van der Waals surface area contributed by atoms with Crippen molar-refractivity contribution in [1.29, 1.82) is 0 Å². The van der Waals surface area contributed by atoms with E-state index >= 15 is 0 Å². The molecule has 0 bridgehead atoms. The van der Waals surface area contributed by atoms with Gasteiger partial charge in [-0.3, -0.25) is 0 Å². The van der Waals surface area contributed by atoms with Crippen LogP contribution in [0.1, 0.15) is 11.1 Å². The summed E-state index contributed by atoms with van der Waals surface area (Å²) in [5.74, 6) is 1.69. The Labute approximate surface area is 178 Å². The number of rotatable bonds is 4. The highest BCUT2D eigenvalue weighted by atomic mass is 127. The zero-order valence-corrected chi connectivity index (χ0v) is 18.9. The van der Waals surface area contributed by atoms with Crippen molar-refractivity contribution in [2.75, 3.05) is 13.9 Å². The quantitative estimate of drug-likeness (QED) is 0.392. The molecule has 0 amide bonds. The first-order valence-corrected chi connectivity index (χ1v) is 11.6. The first kappa shape index (κ1) is 19.3. The lowest BCUT2D eigenvalue weighted by Crippen LogP contribution is -2.27. The molecule has 1 aliphatic rings. The second-order valence-electron chi connectivity index (χ2n) is 6.76. The molecule has 1 aliphatic heterocycles. The molecule has 1 heterocycles. The maximum absolute atomic E-state index is 14.8. The van der Waals surface area contributed by atoms with E-state index in [1.165, 1.54) is 0 Å². The van der Waals surface area contributed by atoms with Gasteiger partial charge in [0.2, 0.25) is 12.5 Å². The first-order chi connectivity index (χ1) is 13.4. The number of hydrogen-bond donors (Lipinski definition) is 0. The summed E-state index contributed by atoms with van der Waals surface area (Å²) in [4.78, 5) is 0. The van der Waals surface area contributed by atoms with Gasteiger partial charge in [0.05, 0.1) is 10.7 Å². The predicted octanol–water partition coefficient (Wildman–Crippen LogP) is 4.28. The van der Waals surface area contributed by atoms with Gasteiger partial charge in [-0.25, -0.2) is 0 Å². The minimum Gasteiger partial charge on any atom is -0.493 e. The molecule has 0 atom stereocenters. The average Bonchev–Trinajstić information content (AvgIpc) is 3.19. The Morgan fingerprint density at radius 2 is 1.39 bits per heavy atom. The third-order valence-electron chi connectivity index (χ3n) is 4.88. The molecular weight excluding hydrogens is 486 g/mol. The third kappa shape index (κ3) is 3.11. The molecule has 0 radical (unpaired) electrons. The fourth-order valence-electron chi connectivity index (χ4n) is 3.31. The average molecular weight is 506 g/mol. The molecule has 3 aromatic rings. The number of hydrogen-bond acceptors (Lipinski definition) is 4. The van der Waals surface area contributed by atoms with Crippen molar-refractivity contribution in [3.63, 3.8) is 0 Å². The number of fused-ring (bicyclic) bond motifs is 1. The Bertz CT molecular complexity index is 1030. The van der Waals surface area contributed by atoms with Gasteiger partial charge in [0, 0.05) is 15.9 Å². The van der Waals surface area contributed by atoms with Crippen molar-refractivity contribution >= 4 is 45.6 Å². The summed E-state index contributed by atoms with van der Waals surface area (Å²) in [6.45, 7) is 4.17. The summed E-state index contributed by atoms with van der Waals surface area (Å²) in [5.41, 5.74) is 2.24. The van der Waals surface area contributed by atoms with Crippen LogP contribution in [0.2, 0.25) is 0 Å². The van der Waals surface area contributed by atoms with Crippen LogP contribution in [0.4, 0.5) is 0 Å². The van der Waals surface area contributed by atoms with Gasteiger partial charge in [0.25, 0.3) is 0 Å². The SMILES string of the molecule is COc1cc(P(=O)(c2ccc(C)cc2)c2ccc(C)cc2)c(I)c2c1OCO2. The maximum Gasteiger partial charge on any atom is 0.231 e. The molecule has 0 saturated carbocycles. The van der Waals surface area contributed by atoms with Crippen LogP contribution in [0, 0.1) is 17.4 Å². The summed E-state index contributed by atoms with van der Waals surface area (Å²) in [6.07, 6.45) is 0. The van der Waals surface area contributed by atoms with Crippen molar-refractivity contribution in [2.24, 2.45) is 0 Å². The topological polar surface area (TPSA) is 44.8 Å². The highest BCUT2D eigenvalue weighted by Crippen LogP contribution is 2.51. The van der Waals surface area contributed by atoms with E-state index in [-0.39, 0.29) is 6.79 Å². The van der Waals surface area contributed by atoms with Gasteiger partial charge in [0.1, 0.15) is 0 Å². The van der Waals surface area contributed by atoms with E-state index < -0.39 is 7.14 Å². The van der Waals surface area contributed by atoms with E-state index in [1.54, 1.807) is 7.11 Å². The summed E-state index contributed by atoms with van der Waals surface area (Å²) in [6, 6.07) is 17.6. The van der Waals surface area contributed by atoms with E-state index in [9.17, 15) is 4.57 Å². The third-order valence-corrected chi connectivity index (χ3v) is 9.46. The highest BCUT2D eigenvalue weighted by molar-refractivity contribution is 14.1. The second kappa shape index (κ2) is 7.45. The van der Waals surface area contributed by atoms with Crippen molar-refractivity contribution in [3.8, 4) is 17.2 Å². The number of benzene rings is 3. The van der Waals surface area contributed by atoms with E-state index in [1.807, 2.05) is 68.4 Å². The Kier molecular flexibility index (Phi) is 5.15. The van der Waals surface area contributed by atoms with E-state index in [0.717, 1.165) is 25.3 Å². The molecule has 0 unspecified atom stereocenters. The molecule has 6 heteroatoms. The number of ether oxygens (including phenoxy) is 3. The molecular formula is C22H20IO4P. The van der Waals surface area contributed by atoms with Gasteiger partial charge >= 0.3 is 0 Å². The van der Waals surface area contributed by atoms with Gasteiger partial charge in [-0.2, -0.15) is 0 Å². The van der Waals surface area contributed by atoms with Crippen LogP contribution in [0.5, 0.6) is 17.2 Å². The molecule has 0 saturated heterocycles. The summed E-state index contributed by atoms with van der Waals surface area (Å²) >= 11 is 2.20. The Balaban J connectivity index is 2.03. The number of aryl methyl sites for hydroxylation is 2. The van der Waals surface area contributed by atoms with Crippen LogP contribution in [0.3, 0.4) is 0 Å². The number of halogens is 1. The molecule has 0 aromatic heterocycles. The molecule has 0 aliphatic carbocycles. The van der Waals surface area contributed by atoms with Gasteiger partial charge in [-0.1, -0.05) is 59.7 Å². The molecule has 3 aromatic carbocycles. The Morgan fingerprint density at radius 3 is 1.89 bits per heavy atom. The standard InChI is InChI=1S/C22H20IO4P/c1-14-4-8-16(9-5-14)28(24,17-10-6-15(2)7-11-17)19-12-18(25-3)21-22(20(19)23)27-13-26-21/h4-12H,13H2,1-3H3. The summed E-state index contributed by atoms with van der Waals surface area (Å²) in [7, 11) is -1.57. The highest BCUT2D eigenvalue weighted by Gasteiger charge is 2.36. The lowest BCUT2D eigenvalue weighted by Gasteiger charge is -2.23. The van der Waals surface area contributed by atoms with Crippen LogP contribution in [-0.2, 0) is 4.57 Å². The lowest BCUT2D eigenvalue weighted by molar-refractivity contribution is 0.170. The zero-order chi connectivity index (χ0) is 19.9. The fourth-order valence-corrected chi connectivity index (χ4v) is 7.56. The summed E-state index contributed by atoms with van der Waals surface area (Å²) < 4.78 is 32.3. The smallest absolute Gasteiger partial charge is 0.231 e. The van der Waals surface area contributed by atoms with Crippen LogP contribution >= 0.6 is 29.7 Å². The van der Waals surface area contributed by atoms with Crippen LogP contribution in [0.15, 0.2) is 54.6 Å².